The monoisotopic (exact) mass is 622 g/mol. The van der Waals surface area contributed by atoms with Crippen LogP contribution in [0.5, 0.6) is 0 Å². The summed E-state index contributed by atoms with van der Waals surface area (Å²) in [6.45, 7) is 12.5. The van der Waals surface area contributed by atoms with Gasteiger partial charge in [0.2, 0.25) is 0 Å². The first kappa shape index (κ1) is 36.0. The van der Waals surface area contributed by atoms with Gasteiger partial charge in [-0.15, -0.1) is 13.2 Å². The minimum atomic E-state index is 0.00350. The van der Waals surface area contributed by atoms with E-state index in [1.807, 2.05) is 12.2 Å². The van der Waals surface area contributed by atoms with Gasteiger partial charge >= 0.3 is 11.9 Å². The molecule has 4 nitrogen and oxygen atoms in total. The van der Waals surface area contributed by atoms with Crippen LogP contribution in [0.15, 0.2) is 37.0 Å². The molecule has 0 spiro atoms. The van der Waals surface area contributed by atoms with E-state index in [0.29, 0.717) is 30.6 Å². The van der Waals surface area contributed by atoms with Gasteiger partial charge in [-0.1, -0.05) is 89.0 Å². The van der Waals surface area contributed by atoms with Gasteiger partial charge in [0.25, 0.3) is 0 Å². The number of fused-ring (bicyclic) bond motifs is 5. The fraction of sp³-hybridized carbons (Fsp3) is 0.805. The Hall–Kier alpha value is -1.84. The first-order valence-electron chi connectivity index (χ1n) is 19.1. The number of ether oxygens (including phenoxy) is 2. The van der Waals surface area contributed by atoms with E-state index in [1.165, 1.54) is 64.2 Å². The van der Waals surface area contributed by atoms with Crippen molar-refractivity contribution >= 4 is 11.9 Å². The largest absolute Gasteiger partial charge is 0.462 e. The highest BCUT2D eigenvalue weighted by molar-refractivity contribution is 5.70. The Morgan fingerprint density at radius 2 is 1.31 bits per heavy atom. The molecule has 0 amide bonds. The maximum Gasteiger partial charge on any atom is 0.306 e. The average molecular weight is 623 g/mol. The predicted octanol–water partition coefficient (Wildman–Crippen LogP) is 11.4. The van der Waals surface area contributed by atoms with Crippen molar-refractivity contribution in [3.8, 4) is 0 Å². The predicted molar refractivity (Wildman–Crippen MR) is 186 cm³/mol. The van der Waals surface area contributed by atoms with Crippen molar-refractivity contribution in [2.45, 2.75) is 180 Å². The second-order valence-electron chi connectivity index (χ2n) is 15.6. The van der Waals surface area contributed by atoms with Crippen molar-refractivity contribution in [1.82, 2.24) is 0 Å². The number of allylic oxidation sites excluding steroid dienone is 3. The van der Waals surface area contributed by atoms with Gasteiger partial charge in [0.1, 0.15) is 12.2 Å². The molecule has 0 heterocycles. The lowest BCUT2D eigenvalue weighted by Gasteiger charge is -2.57. The molecule has 254 valence electrons. The molecule has 4 aliphatic carbocycles. The molecule has 0 aliphatic heterocycles. The third kappa shape index (κ3) is 9.60. The number of carbonyl (C=O) groups is 2. The lowest BCUT2D eigenvalue weighted by molar-refractivity contribution is -0.159. The van der Waals surface area contributed by atoms with E-state index in [-0.39, 0.29) is 35.0 Å². The minimum absolute atomic E-state index is 0.00350. The quantitative estimate of drug-likeness (QED) is 0.0770. The van der Waals surface area contributed by atoms with Crippen molar-refractivity contribution in [2.75, 3.05) is 0 Å². The summed E-state index contributed by atoms with van der Waals surface area (Å²) in [5, 5.41) is 0. The van der Waals surface area contributed by atoms with Crippen LogP contribution >= 0.6 is 0 Å². The van der Waals surface area contributed by atoms with E-state index in [0.717, 1.165) is 77.0 Å². The average Bonchev–Trinajstić information content (AvgIpc) is 3.35. The third-order valence-corrected chi connectivity index (χ3v) is 12.6. The van der Waals surface area contributed by atoms with Gasteiger partial charge in [-0.2, -0.15) is 0 Å². The molecule has 0 N–H and O–H groups in total. The zero-order valence-corrected chi connectivity index (χ0v) is 29.1. The molecule has 4 heteroatoms. The molecule has 0 unspecified atom stereocenters. The van der Waals surface area contributed by atoms with Crippen LogP contribution in [-0.4, -0.2) is 24.1 Å². The zero-order chi connectivity index (χ0) is 32.1. The second-order valence-corrected chi connectivity index (χ2v) is 15.6. The second kappa shape index (κ2) is 17.9. The number of rotatable bonds is 20. The molecule has 0 radical (unpaired) electrons. The molecular weight excluding hydrogens is 556 g/mol. The summed E-state index contributed by atoms with van der Waals surface area (Å²) >= 11 is 0. The molecule has 0 bridgehead atoms. The van der Waals surface area contributed by atoms with E-state index >= 15 is 0 Å². The molecule has 3 fully saturated rings. The fourth-order valence-corrected chi connectivity index (χ4v) is 9.87. The van der Waals surface area contributed by atoms with Crippen molar-refractivity contribution < 1.29 is 19.1 Å². The van der Waals surface area contributed by atoms with Gasteiger partial charge < -0.3 is 9.47 Å². The summed E-state index contributed by atoms with van der Waals surface area (Å²) in [7, 11) is 0. The Morgan fingerprint density at radius 3 is 1.93 bits per heavy atom. The fourth-order valence-electron chi connectivity index (χ4n) is 9.87. The van der Waals surface area contributed by atoms with E-state index in [2.05, 4.69) is 33.1 Å². The summed E-state index contributed by atoms with van der Waals surface area (Å²) in [5.74, 6) is 2.04. The highest BCUT2D eigenvalue weighted by atomic mass is 16.5. The molecule has 0 aromatic carbocycles. The number of carbonyl (C=O) groups excluding carboxylic acids is 2. The summed E-state index contributed by atoms with van der Waals surface area (Å²) in [4.78, 5) is 25.5. The van der Waals surface area contributed by atoms with Gasteiger partial charge in [-0.05, 0) is 107 Å². The molecule has 4 aliphatic rings. The highest BCUT2D eigenvalue weighted by Crippen LogP contribution is 2.65. The first-order chi connectivity index (χ1) is 21.8. The third-order valence-electron chi connectivity index (χ3n) is 12.6. The van der Waals surface area contributed by atoms with Crippen LogP contribution in [0.2, 0.25) is 0 Å². The maximum atomic E-state index is 12.9. The van der Waals surface area contributed by atoms with Gasteiger partial charge in [0.15, 0.2) is 0 Å². The SMILES string of the molecule is C=CCCCCCCCCC(=O)O[C@H]1CC[C@@]2(C)C(=CC[C@H]3[C@@H]4CC[C@H](OC(=O)CCCCCCCCC=C)[C@@]4(C)CC[C@@H]32)C1. The van der Waals surface area contributed by atoms with Gasteiger partial charge in [-0.3, -0.25) is 9.59 Å². The smallest absolute Gasteiger partial charge is 0.306 e. The number of hydrogen-bond acceptors (Lipinski definition) is 4. The van der Waals surface area contributed by atoms with Crippen LogP contribution in [0.3, 0.4) is 0 Å². The molecule has 7 atom stereocenters. The molecule has 0 saturated heterocycles. The van der Waals surface area contributed by atoms with E-state index < -0.39 is 0 Å². The van der Waals surface area contributed by atoms with Crippen molar-refractivity contribution in [3.63, 3.8) is 0 Å². The number of esters is 2. The Balaban J connectivity index is 1.20. The van der Waals surface area contributed by atoms with Crippen molar-refractivity contribution in [2.24, 2.45) is 28.6 Å². The number of hydrogen-bond donors (Lipinski definition) is 0. The molecule has 0 aromatic heterocycles. The Labute approximate surface area is 276 Å². The van der Waals surface area contributed by atoms with Crippen LogP contribution in [-0.2, 0) is 19.1 Å². The first-order valence-corrected chi connectivity index (χ1v) is 19.1. The van der Waals surface area contributed by atoms with Crippen LogP contribution in [0.25, 0.3) is 0 Å². The highest BCUT2D eigenvalue weighted by Gasteiger charge is 2.59. The van der Waals surface area contributed by atoms with E-state index in [4.69, 9.17) is 9.47 Å². The molecule has 3 saturated carbocycles. The topological polar surface area (TPSA) is 52.6 Å². The summed E-state index contributed by atoms with van der Waals surface area (Å²) in [6.07, 6.45) is 32.9. The van der Waals surface area contributed by atoms with Crippen molar-refractivity contribution in [1.29, 1.82) is 0 Å². The lowest BCUT2D eigenvalue weighted by atomic mass is 9.48. The summed E-state index contributed by atoms with van der Waals surface area (Å²) in [5.41, 5.74) is 1.89. The molecule has 4 rings (SSSR count). The van der Waals surface area contributed by atoms with Crippen LogP contribution in [0.1, 0.15) is 168 Å². The normalized spacial score (nSPS) is 32.0. The van der Waals surface area contributed by atoms with Gasteiger partial charge in [-0.25, -0.2) is 0 Å². The summed E-state index contributed by atoms with van der Waals surface area (Å²) < 4.78 is 12.3. The minimum Gasteiger partial charge on any atom is -0.462 e. The summed E-state index contributed by atoms with van der Waals surface area (Å²) in [6, 6.07) is 0. The molecule has 0 aromatic rings. The van der Waals surface area contributed by atoms with Gasteiger partial charge in [0.05, 0.1) is 0 Å². The van der Waals surface area contributed by atoms with Crippen molar-refractivity contribution in [3.05, 3.63) is 37.0 Å². The Morgan fingerprint density at radius 1 is 0.733 bits per heavy atom. The standard InChI is InChI=1S/C41H66O4/c1-5-7-9-11-13-15-17-19-21-38(42)44-33-27-29-40(3)32(31-33)23-24-34-35-25-26-37(41(35,4)30-28-36(34)40)45-39(43)22-20-18-16-14-12-10-8-6-2/h5-6,23,33-37H,1-2,7-22,24-31H2,3-4H3/t33-,34-,35-,36-,37-,40-,41-/m0/s1. The van der Waals surface area contributed by atoms with Crippen LogP contribution in [0.4, 0.5) is 0 Å². The van der Waals surface area contributed by atoms with Crippen LogP contribution in [0, 0.1) is 28.6 Å². The Kier molecular flexibility index (Phi) is 14.3. The van der Waals surface area contributed by atoms with E-state index in [1.54, 1.807) is 5.57 Å². The zero-order valence-electron chi connectivity index (χ0n) is 29.1. The van der Waals surface area contributed by atoms with Gasteiger partial charge in [0, 0.05) is 24.7 Å². The van der Waals surface area contributed by atoms with E-state index in [9.17, 15) is 9.59 Å². The lowest BCUT2D eigenvalue weighted by Crippen LogP contribution is -2.51. The Bertz CT molecular complexity index is 997. The maximum absolute atomic E-state index is 12.9. The number of unbranched alkanes of at least 4 members (excludes halogenated alkanes) is 12. The van der Waals surface area contributed by atoms with Crippen LogP contribution < -0.4 is 0 Å². The molecule has 45 heavy (non-hydrogen) atoms. The molecular formula is C41H66O4.